The number of fused-ring (bicyclic) bond motifs is 1. The van der Waals surface area contributed by atoms with Crippen LogP contribution in [0.1, 0.15) is 30.0 Å². The van der Waals surface area contributed by atoms with Gasteiger partial charge >= 0.3 is 37.9 Å². The molecule has 0 amide bonds. The maximum Gasteiger partial charge on any atom is -0.172 e. The molecule has 23 heavy (non-hydrogen) atoms. The summed E-state index contributed by atoms with van der Waals surface area (Å²) >= 11 is -0.826. The van der Waals surface area contributed by atoms with Crippen LogP contribution in [-0.4, -0.2) is 0 Å². The number of hydrogen-bond acceptors (Lipinski definition) is 0. The van der Waals surface area contributed by atoms with Gasteiger partial charge in [-0.05, 0) is 6.92 Å². The van der Waals surface area contributed by atoms with Crippen LogP contribution in [0.5, 0.6) is 0 Å². The second-order valence-corrected chi connectivity index (χ2v) is 8.83. The Balaban J connectivity index is 0.000000365. The van der Waals surface area contributed by atoms with Crippen molar-refractivity contribution >= 4 is 27.8 Å². The van der Waals surface area contributed by atoms with E-state index < -0.39 is 20.8 Å². The molecule has 0 aromatic heterocycles. The largest absolute Gasteiger partial charge is 0.214 e. The molecular weight excluding hydrogens is 402 g/mol. The molecule has 3 rings (SSSR count). The Bertz CT molecular complexity index is 605. The minimum atomic E-state index is -0.826. The number of hydrogen-bond donors (Lipinski definition) is 0. The number of aryl methyl sites for hydroxylation is 3. The normalized spacial score (nSPS) is 8.83. The zero-order valence-electron chi connectivity index (χ0n) is 14.4. The van der Waals surface area contributed by atoms with E-state index in [-0.39, 0.29) is 0 Å². The summed E-state index contributed by atoms with van der Waals surface area (Å²) in [6.45, 7) is 12.0. The van der Waals surface area contributed by atoms with Gasteiger partial charge in [0.05, 0.1) is 0 Å². The second kappa shape index (κ2) is 14.0. The van der Waals surface area contributed by atoms with Crippen molar-refractivity contribution in [1.29, 1.82) is 0 Å². The Morgan fingerprint density at radius 3 is 2.13 bits per heavy atom. The molecule has 0 bridgehead atoms. The quantitative estimate of drug-likeness (QED) is 0.326. The molecular formula is C20H25Cl2Zr-3. The first kappa shape index (κ1) is 22.6. The standard InChI is InChI=1S/C12H13.C5H5.C3H7.2ClH.Zr/c1-8-6-10(3)12-9(2)4-5-11(12)7-8;1-2-4-5-3-1;1-3-2;;;/h4-7H,1-3H3;1-5H;1,3H2,2H3;2*1H;/q3*-1;;;+2/p-2. The first-order valence-electron chi connectivity index (χ1n) is 7.57. The molecule has 0 saturated carbocycles. The molecule has 0 fully saturated rings. The molecule has 0 N–H and O–H groups in total. The van der Waals surface area contributed by atoms with Crippen molar-refractivity contribution in [3.8, 4) is 0 Å². The van der Waals surface area contributed by atoms with E-state index in [1.807, 2.05) is 37.3 Å². The van der Waals surface area contributed by atoms with E-state index in [9.17, 15) is 0 Å². The van der Waals surface area contributed by atoms with Gasteiger partial charge in [-0.15, -0.1) is 28.0 Å². The van der Waals surface area contributed by atoms with Gasteiger partial charge in [0.25, 0.3) is 0 Å². The van der Waals surface area contributed by atoms with Crippen LogP contribution in [0, 0.1) is 27.7 Å². The van der Waals surface area contributed by atoms with E-state index in [2.05, 4.69) is 52.0 Å². The Morgan fingerprint density at radius 2 is 1.70 bits per heavy atom. The molecule has 0 heterocycles. The zero-order chi connectivity index (χ0) is 17.7. The van der Waals surface area contributed by atoms with Crippen molar-refractivity contribution < 1.29 is 20.8 Å². The summed E-state index contributed by atoms with van der Waals surface area (Å²) in [6, 6.07) is 18.9. The third-order valence-corrected chi connectivity index (χ3v) is 2.97. The van der Waals surface area contributed by atoms with Crippen LogP contribution >= 0.6 is 17.0 Å². The van der Waals surface area contributed by atoms with Crippen LogP contribution in [0.2, 0.25) is 0 Å². The molecule has 0 aliphatic rings. The van der Waals surface area contributed by atoms with Gasteiger partial charge in [0.2, 0.25) is 0 Å². The van der Waals surface area contributed by atoms with Crippen molar-refractivity contribution in [2.24, 2.45) is 0 Å². The maximum absolute atomic E-state index is 4.93. The van der Waals surface area contributed by atoms with Gasteiger partial charge in [0.15, 0.2) is 0 Å². The Morgan fingerprint density at radius 1 is 1.17 bits per heavy atom. The number of rotatable bonds is 0. The summed E-state index contributed by atoms with van der Waals surface area (Å²) in [5.41, 5.74) is 4.14. The fourth-order valence-corrected chi connectivity index (χ4v) is 2.29. The third kappa shape index (κ3) is 9.50. The second-order valence-electron chi connectivity index (χ2n) is 5.10. The average molecular weight is 428 g/mol. The average Bonchev–Trinajstić information content (AvgIpc) is 3.14. The summed E-state index contributed by atoms with van der Waals surface area (Å²) in [5, 5.41) is 2.81. The Kier molecular flexibility index (Phi) is 13.8. The molecule has 0 saturated heterocycles. The van der Waals surface area contributed by atoms with Crippen molar-refractivity contribution in [2.45, 2.75) is 34.1 Å². The molecule has 0 aliphatic carbocycles. The smallest absolute Gasteiger partial charge is 0.172 e. The van der Waals surface area contributed by atoms with Crippen LogP contribution in [0.25, 0.3) is 10.8 Å². The van der Waals surface area contributed by atoms with Gasteiger partial charge in [-0.3, -0.25) is 0 Å². The van der Waals surface area contributed by atoms with Crippen molar-refractivity contribution in [3.63, 3.8) is 0 Å². The molecule has 3 aromatic carbocycles. The Hall–Kier alpha value is -0.357. The predicted molar refractivity (Wildman–Crippen MR) is 103 cm³/mol. The molecule has 0 aliphatic heterocycles. The SMILES string of the molecule is Cc1cc(C)c2c(cc[c-]2C)c1.[CH2-]CC.[Cl][Zr][Cl].c1cc[cH-]c1. The molecule has 0 unspecified atom stereocenters. The van der Waals surface area contributed by atoms with Gasteiger partial charge in [0, 0.05) is 0 Å². The molecule has 126 valence electrons. The molecule has 0 nitrogen and oxygen atoms in total. The first-order valence-corrected chi connectivity index (χ1v) is 13.9. The summed E-state index contributed by atoms with van der Waals surface area (Å²) in [7, 11) is 9.87. The summed E-state index contributed by atoms with van der Waals surface area (Å²) in [5.74, 6) is 0. The van der Waals surface area contributed by atoms with Gasteiger partial charge in [-0.25, -0.2) is 12.1 Å². The van der Waals surface area contributed by atoms with Gasteiger partial charge in [0.1, 0.15) is 0 Å². The summed E-state index contributed by atoms with van der Waals surface area (Å²) < 4.78 is 0. The van der Waals surface area contributed by atoms with Crippen LogP contribution in [0.4, 0.5) is 0 Å². The van der Waals surface area contributed by atoms with Crippen molar-refractivity contribution in [3.05, 3.63) is 78.2 Å². The van der Waals surface area contributed by atoms with Crippen LogP contribution in [0.3, 0.4) is 0 Å². The monoisotopic (exact) mass is 425 g/mol. The van der Waals surface area contributed by atoms with E-state index in [0.29, 0.717) is 0 Å². The van der Waals surface area contributed by atoms with E-state index in [1.54, 1.807) is 0 Å². The van der Waals surface area contributed by atoms with E-state index in [1.165, 1.54) is 27.5 Å². The molecule has 3 aromatic rings. The van der Waals surface area contributed by atoms with E-state index in [4.69, 9.17) is 17.0 Å². The van der Waals surface area contributed by atoms with Crippen molar-refractivity contribution in [1.82, 2.24) is 0 Å². The molecule has 0 spiro atoms. The molecule has 3 heteroatoms. The third-order valence-electron chi connectivity index (χ3n) is 2.97. The minimum Gasteiger partial charge on any atom is -0.214 e. The molecule has 0 atom stereocenters. The summed E-state index contributed by atoms with van der Waals surface area (Å²) in [4.78, 5) is 0. The van der Waals surface area contributed by atoms with Gasteiger partial charge in [-0.1, -0.05) is 32.4 Å². The maximum atomic E-state index is 4.93. The van der Waals surface area contributed by atoms with Crippen molar-refractivity contribution in [2.75, 3.05) is 0 Å². The number of halogens is 2. The minimum absolute atomic E-state index is 0.826. The van der Waals surface area contributed by atoms with E-state index in [0.717, 1.165) is 6.42 Å². The van der Waals surface area contributed by atoms with Gasteiger partial charge < -0.3 is 6.92 Å². The fourth-order valence-electron chi connectivity index (χ4n) is 2.29. The molecule has 0 radical (unpaired) electrons. The van der Waals surface area contributed by atoms with Crippen LogP contribution < -0.4 is 0 Å². The first-order chi connectivity index (χ1) is 11.0. The Labute approximate surface area is 160 Å². The zero-order valence-corrected chi connectivity index (χ0v) is 18.3. The van der Waals surface area contributed by atoms with Gasteiger partial charge in [-0.2, -0.15) is 36.8 Å². The van der Waals surface area contributed by atoms with E-state index >= 15 is 0 Å². The predicted octanol–water partition coefficient (Wildman–Crippen LogP) is 7.50. The fraction of sp³-hybridized carbons (Fsp3) is 0.250. The summed E-state index contributed by atoms with van der Waals surface area (Å²) in [6.07, 6.45) is 1.00. The number of benzene rings is 1. The van der Waals surface area contributed by atoms with Crippen LogP contribution in [-0.2, 0) is 20.8 Å². The topological polar surface area (TPSA) is 0 Å². The van der Waals surface area contributed by atoms with Crippen LogP contribution in [0.15, 0.2) is 54.6 Å².